The molecule has 0 aliphatic heterocycles. The van der Waals surface area contributed by atoms with Gasteiger partial charge in [0.25, 0.3) is 11.8 Å². The monoisotopic (exact) mass is 444 g/mol. The number of halogens is 2. The van der Waals surface area contributed by atoms with E-state index in [9.17, 15) is 18.4 Å². The molecule has 0 radical (unpaired) electrons. The van der Waals surface area contributed by atoms with E-state index >= 15 is 0 Å². The number of hydrogen-bond donors (Lipinski definition) is 2. The van der Waals surface area contributed by atoms with Gasteiger partial charge in [0.15, 0.2) is 6.61 Å². The summed E-state index contributed by atoms with van der Waals surface area (Å²) in [4.78, 5) is 23.6. The summed E-state index contributed by atoms with van der Waals surface area (Å²) in [6.45, 7) is 7.17. The van der Waals surface area contributed by atoms with Crippen LogP contribution in [-0.4, -0.2) is 22.0 Å². The number of aryl methyl sites for hydroxylation is 1. The van der Waals surface area contributed by atoms with Gasteiger partial charge in [-0.15, -0.1) is 5.10 Å². The summed E-state index contributed by atoms with van der Waals surface area (Å²) >= 11 is 0. The third kappa shape index (κ3) is 5.45. The Balaban J connectivity index is 1.70. The van der Waals surface area contributed by atoms with Gasteiger partial charge in [-0.05, 0) is 54.3 Å². The summed E-state index contributed by atoms with van der Waals surface area (Å²) in [6, 6.07) is 5.89. The number of anilines is 2. The van der Waals surface area contributed by atoms with Crippen LogP contribution < -0.4 is 15.4 Å². The molecular formula is C22H22F2N4O4. The molecule has 0 atom stereocenters. The smallest absolute Gasteiger partial charge is 0.322 e. The summed E-state index contributed by atoms with van der Waals surface area (Å²) in [5.74, 6) is -1.97. The lowest BCUT2D eigenvalue weighted by atomic mass is 9.98. The Morgan fingerprint density at radius 1 is 1.12 bits per heavy atom. The summed E-state index contributed by atoms with van der Waals surface area (Å²) in [6.07, 6.45) is 0. The molecule has 0 saturated heterocycles. The average molecular weight is 444 g/mol. The Morgan fingerprint density at radius 2 is 1.88 bits per heavy atom. The van der Waals surface area contributed by atoms with E-state index in [0.29, 0.717) is 11.4 Å². The fraction of sp³-hybridized carbons (Fsp3) is 0.273. The van der Waals surface area contributed by atoms with Gasteiger partial charge in [0.2, 0.25) is 5.91 Å². The molecule has 1 aromatic heterocycles. The van der Waals surface area contributed by atoms with Gasteiger partial charge in [-0.25, -0.2) is 8.78 Å². The van der Waals surface area contributed by atoms with Crippen molar-refractivity contribution in [1.82, 2.24) is 10.2 Å². The number of rotatable bonds is 7. The minimum absolute atomic E-state index is 0.0662. The molecular weight excluding hydrogens is 422 g/mol. The van der Waals surface area contributed by atoms with Crippen molar-refractivity contribution in [2.24, 2.45) is 0 Å². The van der Waals surface area contributed by atoms with Crippen LogP contribution in [0.1, 0.15) is 54.1 Å². The second-order valence-corrected chi connectivity index (χ2v) is 7.41. The lowest BCUT2D eigenvalue weighted by Crippen LogP contribution is -2.14. The van der Waals surface area contributed by atoms with E-state index in [4.69, 9.17) is 9.15 Å². The fourth-order valence-electron chi connectivity index (χ4n) is 2.97. The predicted octanol–water partition coefficient (Wildman–Crippen LogP) is 4.57. The van der Waals surface area contributed by atoms with E-state index in [-0.39, 0.29) is 30.3 Å². The first kappa shape index (κ1) is 22.9. The van der Waals surface area contributed by atoms with Crippen LogP contribution in [0, 0.1) is 18.6 Å². The molecule has 8 nitrogen and oxygen atoms in total. The van der Waals surface area contributed by atoms with Gasteiger partial charge >= 0.3 is 6.01 Å². The van der Waals surface area contributed by atoms with Crippen LogP contribution in [0.4, 0.5) is 20.5 Å². The summed E-state index contributed by atoms with van der Waals surface area (Å²) in [5, 5.41) is 12.5. The molecule has 1 heterocycles. The van der Waals surface area contributed by atoms with Crippen LogP contribution in [-0.2, 0) is 11.4 Å². The van der Waals surface area contributed by atoms with Gasteiger partial charge < -0.3 is 14.5 Å². The molecule has 0 unspecified atom stereocenters. The highest BCUT2D eigenvalue weighted by atomic mass is 19.1. The number of nitrogens with one attached hydrogen (secondary N) is 2. The molecule has 10 heteroatoms. The van der Waals surface area contributed by atoms with Crippen molar-refractivity contribution in [2.45, 2.75) is 40.2 Å². The third-order valence-corrected chi connectivity index (χ3v) is 4.49. The van der Waals surface area contributed by atoms with Gasteiger partial charge in [-0.2, -0.15) is 0 Å². The van der Waals surface area contributed by atoms with E-state index in [1.54, 1.807) is 0 Å². The van der Waals surface area contributed by atoms with E-state index in [1.165, 1.54) is 6.92 Å². The van der Waals surface area contributed by atoms with Crippen molar-refractivity contribution < 1.29 is 27.5 Å². The summed E-state index contributed by atoms with van der Waals surface area (Å²) < 4.78 is 38.1. The molecule has 0 aliphatic carbocycles. The number of nitrogens with zero attached hydrogens (tertiary/aromatic N) is 2. The Bertz CT molecular complexity index is 1160. The van der Waals surface area contributed by atoms with Crippen molar-refractivity contribution in [3.63, 3.8) is 0 Å². The molecule has 0 aliphatic rings. The molecule has 168 valence electrons. The highest BCUT2D eigenvalue weighted by molar-refractivity contribution is 6.03. The van der Waals surface area contributed by atoms with Crippen molar-refractivity contribution in [1.29, 1.82) is 0 Å². The number of hydrogen-bond acceptors (Lipinski definition) is 6. The molecule has 3 rings (SSSR count). The molecule has 2 N–H and O–H groups in total. The molecule has 2 amide bonds. The molecule has 0 fully saturated rings. The Kier molecular flexibility index (Phi) is 6.82. The first-order valence-corrected chi connectivity index (χ1v) is 9.77. The van der Waals surface area contributed by atoms with E-state index in [1.807, 2.05) is 32.9 Å². The first-order chi connectivity index (χ1) is 15.1. The third-order valence-electron chi connectivity index (χ3n) is 4.49. The quantitative estimate of drug-likeness (QED) is 0.553. The van der Waals surface area contributed by atoms with E-state index in [0.717, 1.165) is 29.3 Å². The molecule has 3 aromatic rings. The molecule has 0 bridgehead atoms. The van der Waals surface area contributed by atoms with Gasteiger partial charge in [0, 0.05) is 12.6 Å². The average Bonchev–Trinajstić information content (AvgIpc) is 3.15. The molecule has 32 heavy (non-hydrogen) atoms. The van der Waals surface area contributed by atoms with Crippen LogP contribution in [0.25, 0.3) is 0 Å². The second-order valence-electron chi connectivity index (χ2n) is 7.41. The zero-order valence-corrected chi connectivity index (χ0v) is 18.0. The van der Waals surface area contributed by atoms with Gasteiger partial charge in [-0.3, -0.25) is 14.9 Å². The maximum Gasteiger partial charge on any atom is 0.322 e. The minimum atomic E-state index is -0.927. The van der Waals surface area contributed by atoms with Gasteiger partial charge in [-0.1, -0.05) is 18.9 Å². The number of carbonyl (C=O) groups excluding carboxylic acids is 2. The molecule has 2 aromatic carbocycles. The van der Waals surface area contributed by atoms with Crippen LogP contribution in [0.3, 0.4) is 0 Å². The van der Waals surface area contributed by atoms with Crippen LogP contribution >= 0.6 is 0 Å². The normalized spacial score (nSPS) is 10.8. The standard InChI is InChI=1S/C22H22F2N4O4/c1-11(2)15-9-19(12(3)7-18(15)25-13(4)29)31-10-20-27-28-22(32-20)26-21(30)16-8-14(23)5-6-17(16)24/h5-9,11H,10H2,1-4H3,(H,25,29)(H,26,28,30). The zero-order chi connectivity index (χ0) is 23.4. The van der Waals surface area contributed by atoms with E-state index < -0.39 is 23.1 Å². The fourth-order valence-corrected chi connectivity index (χ4v) is 2.97. The van der Waals surface area contributed by atoms with E-state index in [2.05, 4.69) is 20.8 Å². The van der Waals surface area contributed by atoms with Crippen molar-refractivity contribution in [3.05, 3.63) is 64.5 Å². The SMILES string of the molecule is CC(=O)Nc1cc(C)c(OCc2nnc(NC(=O)c3cc(F)ccc3F)o2)cc1C(C)C. The van der Waals surface area contributed by atoms with Crippen molar-refractivity contribution >= 4 is 23.5 Å². The van der Waals surface area contributed by atoms with Crippen LogP contribution in [0.2, 0.25) is 0 Å². The summed E-state index contributed by atoms with van der Waals surface area (Å²) in [5.41, 5.74) is 1.91. The Labute approximate surface area is 183 Å². The van der Waals surface area contributed by atoms with Crippen LogP contribution in [0.5, 0.6) is 5.75 Å². The van der Waals surface area contributed by atoms with Crippen LogP contribution in [0.15, 0.2) is 34.7 Å². The van der Waals surface area contributed by atoms with Crippen molar-refractivity contribution in [2.75, 3.05) is 10.6 Å². The topological polar surface area (TPSA) is 106 Å². The number of aromatic nitrogens is 2. The lowest BCUT2D eigenvalue weighted by molar-refractivity contribution is -0.114. The highest BCUT2D eigenvalue weighted by Gasteiger charge is 2.17. The Hall–Kier alpha value is -3.82. The number of benzene rings is 2. The largest absolute Gasteiger partial charge is 0.484 e. The number of ether oxygens (including phenoxy) is 1. The minimum Gasteiger partial charge on any atom is -0.484 e. The molecule has 0 spiro atoms. The lowest BCUT2D eigenvalue weighted by Gasteiger charge is -2.17. The summed E-state index contributed by atoms with van der Waals surface area (Å²) in [7, 11) is 0. The van der Waals surface area contributed by atoms with Gasteiger partial charge in [0.05, 0.1) is 5.56 Å². The highest BCUT2D eigenvalue weighted by Crippen LogP contribution is 2.32. The predicted molar refractivity (Wildman–Crippen MR) is 113 cm³/mol. The second kappa shape index (κ2) is 9.54. The van der Waals surface area contributed by atoms with Crippen molar-refractivity contribution in [3.8, 4) is 5.75 Å². The molecule has 0 saturated carbocycles. The van der Waals surface area contributed by atoms with Gasteiger partial charge in [0.1, 0.15) is 17.4 Å². The number of amides is 2. The Morgan fingerprint density at radius 3 is 2.56 bits per heavy atom. The first-order valence-electron chi connectivity index (χ1n) is 9.77. The number of carbonyl (C=O) groups is 2. The maximum atomic E-state index is 13.7. The zero-order valence-electron chi connectivity index (χ0n) is 18.0. The maximum absolute atomic E-state index is 13.7.